The average molecular weight is 230 g/mol. The molecule has 0 aromatic carbocycles. The minimum absolute atomic E-state index is 0.268. The van der Waals surface area contributed by atoms with Crippen molar-refractivity contribution >= 4 is 5.78 Å². The molecule has 3 nitrogen and oxygen atoms in total. The second-order valence-corrected chi connectivity index (χ2v) is 4.00. The van der Waals surface area contributed by atoms with Gasteiger partial charge in [-0.1, -0.05) is 5.92 Å². The number of Topliss-reactive ketones (excluding diaryl/α,β-unsaturated/α-hetero) is 1. The maximum Gasteiger partial charge on any atom is 0.239 e. The van der Waals surface area contributed by atoms with Crippen LogP contribution in [0.4, 0.5) is 0 Å². The molecule has 2 aliphatic heterocycles. The third-order valence-electron chi connectivity index (χ3n) is 2.75. The first-order valence-electron chi connectivity index (χ1n) is 5.73. The fraction of sp³-hybridized carbons (Fsp3) is 0.500. The molecule has 0 radical (unpaired) electrons. The van der Waals surface area contributed by atoms with Gasteiger partial charge in [0.1, 0.15) is 0 Å². The van der Waals surface area contributed by atoms with Crippen LogP contribution >= 0.6 is 0 Å². The Morgan fingerprint density at radius 2 is 2.29 bits per heavy atom. The van der Waals surface area contributed by atoms with Gasteiger partial charge in [-0.25, -0.2) is 0 Å². The topological polar surface area (TPSA) is 35.5 Å². The fourth-order valence-electron chi connectivity index (χ4n) is 1.91. The summed E-state index contributed by atoms with van der Waals surface area (Å²) in [7, 11) is 0. The normalized spacial score (nSPS) is 30.3. The monoisotopic (exact) mass is 230 g/mol. The van der Waals surface area contributed by atoms with Crippen molar-refractivity contribution in [1.29, 1.82) is 0 Å². The van der Waals surface area contributed by atoms with E-state index in [1.807, 2.05) is 6.08 Å². The summed E-state index contributed by atoms with van der Waals surface area (Å²) < 4.78 is 11.2. The Hall–Kier alpha value is -1.55. The van der Waals surface area contributed by atoms with Crippen LogP contribution in [0.2, 0.25) is 0 Å². The second kappa shape index (κ2) is 5.19. The number of carbonyl (C=O) groups excluding carboxylic acids is 1. The zero-order valence-electron chi connectivity index (χ0n) is 9.79. The smallest absolute Gasteiger partial charge is 0.239 e. The van der Waals surface area contributed by atoms with E-state index in [2.05, 4.69) is 23.7 Å². The predicted octanol–water partition coefficient (Wildman–Crippen LogP) is 1.43. The summed E-state index contributed by atoms with van der Waals surface area (Å²) in [5.41, 5.74) is 0. The molecule has 0 amide bonds. The van der Waals surface area contributed by atoms with Crippen molar-refractivity contribution in [1.82, 2.24) is 0 Å². The van der Waals surface area contributed by atoms with E-state index in [0.29, 0.717) is 6.61 Å². The zero-order chi connectivity index (χ0) is 12.1. The molecule has 1 fully saturated rings. The largest absolute Gasteiger partial charge is 0.346 e. The van der Waals surface area contributed by atoms with Gasteiger partial charge in [-0.15, -0.1) is 0 Å². The average Bonchev–Trinajstić information content (AvgIpc) is 2.74. The van der Waals surface area contributed by atoms with Gasteiger partial charge in [-0.05, 0) is 49.7 Å². The van der Waals surface area contributed by atoms with Gasteiger partial charge >= 0.3 is 0 Å². The van der Waals surface area contributed by atoms with E-state index >= 15 is 0 Å². The Morgan fingerprint density at radius 3 is 3.00 bits per heavy atom. The third-order valence-corrected chi connectivity index (χ3v) is 2.75. The van der Waals surface area contributed by atoms with E-state index in [9.17, 15) is 4.79 Å². The first-order chi connectivity index (χ1) is 8.26. The van der Waals surface area contributed by atoms with E-state index in [4.69, 9.17) is 9.47 Å². The summed E-state index contributed by atoms with van der Waals surface area (Å²) >= 11 is 0. The number of carbonyl (C=O) groups is 1. The van der Waals surface area contributed by atoms with Crippen molar-refractivity contribution in [3.05, 3.63) is 12.2 Å². The predicted molar refractivity (Wildman–Crippen MR) is 62.8 cm³/mol. The lowest BCUT2D eigenvalue weighted by atomic mass is 10.1. The van der Waals surface area contributed by atoms with Gasteiger partial charge in [-0.2, -0.15) is 0 Å². The van der Waals surface area contributed by atoms with Crippen molar-refractivity contribution in [2.24, 2.45) is 0 Å². The molecule has 2 rings (SSSR count). The molecule has 17 heavy (non-hydrogen) atoms. The minimum Gasteiger partial charge on any atom is -0.346 e. The molecule has 0 aromatic rings. The minimum atomic E-state index is -0.684. The highest BCUT2D eigenvalue weighted by atomic mass is 16.7. The number of hydrogen-bond donors (Lipinski definition) is 0. The van der Waals surface area contributed by atoms with Gasteiger partial charge in [-0.3, -0.25) is 4.79 Å². The molecule has 0 bridgehead atoms. The number of ether oxygens (including phenoxy) is 2. The SMILES string of the molecule is CC#CC#CC(=O)[C@@H]1C=C[C@@]2(CCCCO2)O1. The van der Waals surface area contributed by atoms with Crippen LogP contribution < -0.4 is 0 Å². The Labute approximate surface area is 101 Å². The quantitative estimate of drug-likeness (QED) is 0.388. The van der Waals surface area contributed by atoms with Gasteiger partial charge < -0.3 is 9.47 Å². The standard InChI is InChI=1S/C14H14O3/c1-2-3-4-7-12(15)13-8-10-14(17-13)9-5-6-11-16-14/h8,10,13H,5-6,9,11H2,1H3/t13-,14+/m0/s1. The van der Waals surface area contributed by atoms with Crippen LogP contribution in [0.15, 0.2) is 12.2 Å². The Bertz CT molecular complexity index is 447. The Kier molecular flexibility index (Phi) is 3.64. The molecular formula is C14H14O3. The van der Waals surface area contributed by atoms with E-state index < -0.39 is 11.9 Å². The fourth-order valence-corrected chi connectivity index (χ4v) is 1.91. The van der Waals surface area contributed by atoms with Crippen LogP contribution in [0.25, 0.3) is 0 Å². The molecular weight excluding hydrogens is 216 g/mol. The van der Waals surface area contributed by atoms with Gasteiger partial charge in [0.2, 0.25) is 5.78 Å². The van der Waals surface area contributed by atoms with Gasteiger partial charge in [0, 0.05) is 6.42 Å². The Balaban J connectivity index is 1.98. The Morgan fingerprint density at radius 1 is 1.41 bits per heavy atom. The molecule has 2 aliphatic rings. The lowest BCUT2D eigenvalue weighted by Gasteiger charge is -2.32. The highest BCUT2D eigenvalue weighted by Crippen LogP contribution is 2.33. The molecule has 2 atom stereocenters. The van der Waals surface area contributed by atoms with E-state index in [-0.39, 0.29) is 5.78 Å². The van der Waals surface area contributed by atoms with Crippen molar-refractivity contribution in [2.75, 3.05) is 6.61 Å². The van der Waals surface area contributed by atoms with Crippen LogP contribution in [-0.4, -0.2) is 24.3 Å². The molecule has 3 heteroatoms. The maximum atomic E-state index is 11.7. The van der Waals surface area contributed by atoms with E-state index in [0.717, 1.165) is 19.3 Å². The summed E-state index contributed by atoms with van der Waals surface area (Å²) in [6.07, 6.45) is 5.85. The number of ketones is 1. The summed E-state index contributed by atoms with van der Waals surface area (Å²) in [4.78, 5) is 11.7. The van der Waals surface area contributed by atoms with Crippen LogP contribution in [0.5, 0.6) is 0 Å². The van der Waals surface area contributed by atoms with Gasteiger partial charge in [0.05, 0.1) is 6.61 Å². The zero-order valence-corrected chi connectivity index (χ0v) is 9.79. The molecule has 0 aromatic heterocycles. The maximum absolute atomic E-state index is 11.7. The van der Waals surface area contributed by atoms with Crippen molar-refractivity contribution < 1.29 is 14.3 Å². The first-order valence-corrected chi connectivity index (χ1v) is 5.73. The van der Waals surface area contributed by atoms with Crippen molar-refractivity contribution in [2.45, 2.75) is 38.1 Å². The molecule has 0 N–H and O–H groups in total. The summed E-state index contributed by atoms with van der Waals surface area (Å²) in [5.74, 6) is 9.13. The van der Waals surface area contributed by atoms with Crippen LogP contribution in [0, 0.1) is 23.7 Å². The lowest BCUT2D eigenvalue weighted by molar-refractivity contribution is -0.223. The van der Waals surface area contributed by atoms with Crippen LogP contribution in [0.3, 0.4) is 0 Å². The van der Waals surface area contributed by atoms with Crippen molar-refractivity contribution in [3.63, 3.8) is 0 Å². The van der Waals surface area contributed by atoms with Gasteiger partial charge in [0.15, 0.2) is 11.9 Å². The third kappa shape index (κ3) is 2.77. The first kappa shape index (κ1) is 11.9. The molecule has 0 unspecified atom stereocenters. The second-order valence-electron chi connectivity index (χ2n) is 4.00. The molecule has 0 saturated carbocycles. The summed E-state index contributed by atoms with van der Waals surface area (Å²) in [5, 5.41) is 0. The van der Waals surface area contributed by atoms with Crippen LogP contribution in [-0.2, 0) is 14.3 Å². The van der Waals surface area contributed by atoms with Crippen molar-refractivity contribution in [3.8, 4) is 23.7 Å². The number of hydrogen-bond acceptors (Lipinski definition) is 3. The molecule has 88 valence electrons. The molecule has 1 spiro atoms. The van der Waals surface area contributed by atoms with E-state index in [1.165, 1.54) is 0 Å². The molecule has 0 aliphatic carbocycles. The van der Waals surface area contributed by atoms with Gasteiger partial charge in [0.25, 0.3) is 0 Å². The van der Waals surface area contributed by atoms with E-state index in [1.54, 1.807) is 13.0 Å². The highest BCUT2D eigenvalue weighted by Gasteiger charge is 2.40. The summed E-state index contributed by atoms with van der Waals surface area (Å²) in [6, 6.07) is 0. The number of rotatable bonds is 1. The summed E-state index contributed by atoms with van der Waals surface area (Å²) in [6.45, 7) is 2.36. The molecule has 1 saturated heterocycles. The molecule has 2 heterocycles. The van der Waals surface area contributed by atoms with Crippen LogP contribution in [0.1, 0.15) is 26.2 Å². The lowest BCUT2D eigenvalue weighted by Crippen LogP contribution is -2.37. The highest BCUT2D eigenvalue weighted by molar-refractivity contribution is 6.01.